The number of carbonyl (C=O) groups is 3. The summed E-state index contributed by atoms with van der Waals surface area (Å²) in [6.45, 7) is 10.1. The third kappa shape index (κ3) is 2.43. The van der Waals surface area contributed by atoms with Crippen molar-refractivity contribution >= 4 is 17.8 Å². The second-order valence-corrected chi connectivity index (χ2v) is 5.92. The highest BCUT2D eigenvalue weighted by atomic mass is 16.6. The number of amides is 1. The van der Waals surface area contributed by atoms with E-state index in [2.05, 4.69) is 10.2 Å². The molecule has 0 aromatic heterocycles. The van der Waals surface area contributed by atoms with E-state index < -0.39 is 34.9 Å². The van der Waals surface area contributed by atoms with Gasteiger partial charge < -0.3 is 19.6 Å². The van der Waals surface area contributed by atoms with Gasteiger partial charge in [0.2, 0.25) is 0 Å². The lowest BCUT2D eigenvalue weighted by molar-refractivity contribution is -0.163. The molecule has 1 saturated heterocycles. The van der Waals surface area contributed by atoms with Gasteiger partial charge in [-0.1, -0.05) is 13.3 Å². The molecule has 120 valence electrons. The minimum absolute atomic E-state index is 0.176. The Morgan fingerprint density at radius 1 is 1.45 bits per heavy atom. The fourth-order valence-corrected chi connectivity index (χ4v) is 3.54. The first kappa shape index (κ1) is 16.3. The second-order valence-electron chi connectivity index (χ2n) is 5.92. The van der Waals surface area contributed by atoms with Crippen molar-refractivity contribution in [2.75, 3.05) is 13.2 Å². The van der Waals surface area contributed by atoms with Gasteiger partial charge in [0.15, 0.2) is 11.6 Å². The number of hydrogen-bond acceptors (Lipinski definition) is 5. The van der Waals surface area contributed by atoms with Crippen LogP contribution in [0.5, 0.6) is 0 Å². The Balaban J connectivity index is 2.35. The maximum atomic E-state index is 12.3. The van der Waals surface area contributed by atoms with E-state index in [1.807, 2.05) is 0 Å². The summed E-state index contributed by atoms with van der Waals surface area (Å²) in [6, 6.07) is 0. The van der Waals surface area contributed by atoms with E-state index in [0.717, 1.165) is 12.8 Å². The minimum Gasteiger partial charge on any atom is -0.465 e. The maximum absolute atomic E-state index is 12.3. The first-order chi connectivity index (χ1) is 10.4. The number of nitrogens with one attached hydrogen (secondary N) is 1. The third-order valence-corrected chi connectivity index (χ3v) is 4.63. The van der Waals surface area contributed by atoms with Gasteiger partial charge in [-0.15, -0.1) is 0 Å². The molecular weight excluding hydrogens is 288 g/mol. The van der Waals surface area contributed by atoms with Crippen LogP contribution in [0.4, 0.5) is 0 Å². The molecule has 2 rings (SSSR count). The smallest absolute Gasteiger partial charge is 0.323 e. The largest absolute Gasteiger partial charge is 0.465 e. The molecule has 2 fully saturated rings. The lowest BCUT2D eigenvalue weighted by atomic mass is 9.63. The van der Waals surface area contributed by atoms with Crippen LogP contribution in [0.3, 0.4) is 0 Å². The van der Waals surface area contributed by atoms with Gasteiger partial charge in [0.05, 0.1) is 12.0 Å². The van der Waals surface area contributed by atoms with Gasteiger partial charge in [0.25, 0.3) is 6.54 Å². The molecule has 0 aromatic rings. The molecule has 3 atom stereocenters. The fraction of sp³-hybridized carbons (Fsp3) is 0.733. The van der Waals surface area contributed by atoms with Crippen LogP contribution in [0.25, 0.3) is 4.85 Å². The SMILES string of the molecule is [C-]#[N+]CC(=O)N[C@]12CCCC[C@@]1(C)C(C(=O)OCC)C(=O)O2. The lowest BCUT2D eigenvalue weighted by Crippen LogP contribution is -2.61. The fourth-order valence-electron chi connectivity index (χ4n) is 3.54. The molecule has 0 bridgehead atoms. The van der Waals surface area contributed by atoms with Crippen molar-refractivity contribution < 1.29 is 23.9 Å². The molecule has 1 heterocycles. The molecule has 7 heteroatoms. The number of nitrogens with zero attached hydrogens (tertiary/aromatic N) is 1. The minimum atomic E-state index is -1.22. The summed E-state index contributed by atoms with van der Waals surface area (Å²) < 4.78 is 10.5. The number of ether oxygens (including phenoxy) is 2. The number of carbonyl (C=O) groups excluding carboxylic acids is 3. The first-order valence-electron chi connectivity index (χ1n) is 7.44. The van der Waals surface area contributed by atoms with Gasteiger partial charge >= 0.3 is 17.8 Å². The summed E-state index contributed by atoms with van der Waals surface area (Å²) in [4.78, 5) is 39.4. The highest BCUT2D eigenvalue weighted by Crippen LogP contribution is 2.55. The summed E-state index contributed by atoms with van der Waals surface area (Å²) in [6.07, 6.45) is 2.62. The molecule has 1 aliphatic heterocycles. The summed E-state index contributed by atoms with van der Waals surface area (Å²) in [5.41, 5.74) is -2.08. The van der Waals surface area contributed by atoms with Crippen LogP contribution in [0, 0.1) is 17.9 Å². The number of fused-ring (bicyclic) bond motifs is 1. The zero-order valence-corrected chi connectivity index (χ0v) is 12.8. The number of rotatable bonds is 4. The van der Waals surface area contributed by atoms with Crippen LogP contribution in [0.15, 0.2) is 0 Å². The zero-order valence-electron chi connectivity index (χ0n) is 12.8. The molecular formula is C15H20N2O5. The monoisotopic (exact) mass is 308 g/mol. The molecule has 1 aliphatic carbocycles. The zero-order chi connectivity index (χ0) is 16.4. The Morgan fingerprint density at radius 3 is 2.77 bits per heavy atom. The predicted molar refractivity (Wildman–Crippen MR) is 75.1 cm³/mol. The molecule has 7 nitrogen and oxygen atoms in total. The predicted octanol–water partition coefficient (Wildman–Crippen LogP) is 1.03. The average molecular weight is 308 g/mol. The molecule has 1 N–H and O–H groups in total. The van der Waals surface area contributed by atoms with Crippen molar-refractivity contribution in [2.24, 2.45) is 11.3 Å². The third-order valence-electron chi connectivity index (χ3n) is 4.63. The Morgan fingerprint density at radius 2 is 2.14 bits per heavy atom. The van der Waals surface area contributed by atoms with Crippen molar-refractivity contribution in [3.8, 4) is 0 Å². The molecule has 2 aliphatic rings. The van der Waals surface area contributed by atoms with Crippen LogP contribution < -0.4 is 5.32 Å². The standard InChI is InChI=1S/C15H20N2O5/c1-4-21-12(19)11-13(20)22-15(17-10(18)9-16-3)8-6-5-7-14(11,15)2/h11H,4-9H2,1-2H3,(H,17,18)/t11?,14-,15-/m0/s1. The van der Waals surface area contributed by atoms with E-state index in [0.29, 0.717) is 12.8 Å². The summed E-state index contributed by atoms with van der Waals surface area (Å²) in [5.74, 6) is -2.81. The van der Waals surface area contributed by atoms with Crippen LogP contribution in [-0.2, 0) is 23.9 Å². The number of esters is 2. The van der Waals surface area contributed by atoms with Gasteiger partial charge in [-0.25, -0.2) is 6.57 Å². The van der Waals surface area contributed by atoms with Crippen LogP contribution in [0.1, 0.15) is 39.5 Å². The second kappa shape index (κ2) is 5.95. The first-order valence-corrected chi connectivity index (χ1v) is 7.44. The highest BCUT2D eigenvalue weighted by molar-refractivity contribution is 5.98. The molecule has 0 spiro atoms. The van der Waals surface area contributed by atoms with Gasteiger partial charge in [-0.2, -0.15) is 0 Å². The number of hydrogen-bond donors (Lipinski definition) is 1. The Kier molecular flexibility index (Phi) is 4.40. The van der Waals surface area contributed by atoms with E-state index in [1.54, 1.807) is 13.8 Å². The van der Waals surface area contributed by atoms with Crippen LogP contribution in [-0.4, -0.2) is 36.7 Å². The highest BCUT2D eigenvalue weighted by Gasteiger charge is 2.68. The van der Waals surface area contributed by atoms with E-state index in [1.165, 1.54) is 0 Å². The van der Waals surface area contributed by atoms with E-state index >= 15 is 0 Å². The molecule has 0 aromatic carbocycles. The van der Waals surface area contributed by atoms with Gasteiger partial charge in [0, 0.05) is 6.42 Å². The summed E-state index contributed by atoms with van der Waals surface area (Å²) in [7, 11) is 0. The molecule has 22 heavy (non-hydrogen) atoms. The maximum Gasteiger partial charge on any atom is 0.323 e. The molecule has 1 saturated carbocycles. The van der Waals surface area contributed by atoms with Crippen molar-refractivity contribution in [1.29, 1.82) is 0 Å². The average Bonchev–Trinajstić information content (AvgIpc) is 2.65. The van der Waals surface area contributed by atoms with Gasteiger partial charge in [0.1, 0.15) is 0 Å². The quantitative estimate of drug-likeness (QED) is 0.476. The lowest BCUT2D eigenvalue weighted by Gasteiger charge is -2.45. The Hall–Kier alpha value is -2.10. The molecule has 0 radical (unpaired) electrons. The summed E-state index contributed by atoms with van der Waals surface area (Å²) in [5, 5.41) is 2.69. The Labute approximate surface area is 129 Å². The van der Waals surface area contributed by atoms with Crippen LogP contribution in [0.2, 0.25) is 0 Å². The van der Waals surface area contributed by atoms with Gasteiger partial charge in [-0.3, -0.25) is 14.4 Å². The Bertz CT molecular complexity index is 541. The van der Waals surface area contributed by atoms with E-state index in [4.69, 9.17) is 16.0 Å². The van der Waals surface area contributed by atoms with Crippen molar-refractivity contribution in [1.82, 2.24) is 5.32 Å². The van der Waals surface area contributed by atoms with E-state index in [9.17, 15) is 14.4 Å². The normalized spacial score (nSPS) is 33.3. The van der Waals surface area contributed by atoms with Crippen molar-refractivity contribution in [3.05, 3.63) is 11.4 Å². The topological polar surface area (TPSA) is 86.1 Å². The van der Waals surface area contributed by atoms with Crippen LogP contribution >= 0.6 is 0 Å². The van der Waals surface area contributed by atoms with Crippen molar-refractivity contribution in [3.63, 3.8) is 0 Å². The molecule has 1 unspecified atom stereocenters. The summed E-state index contributed by atoms with van der Waals surface area (Å²) >= 11 is 0. The molecule has 1 amide bonds. The van der Waals surface area contributed by atoms with Gasteiger partial charge in [-0.05, 0) is 19.8 Å². The van der Waals surface area contributed by atoms with E-state index in [-0.39, 0.29) is 13.2 Å². The van der Waals surface area contributed by atoms with Crippen molar-refractivity contribution in [2.45, 2.75) is 45.3 Å².